The van der Waals surface area contributed by atoms with Crippen LogP contribution in [0, 0.1) is 0 Å². The van der Waals surface area contributed by atoms with Gasteiger partial charge in [-0.05, 0) is 32.6 Å². The SMILES string of the molecule is CCC/C(C)=C/CC/C(=C/CBr)CC. The zero-order valence-corrected chi connectivity index (χ0v) is 11.4. The van der Waals surface area contributed by atoms with Gasteiger partial charge < -0.3 is 0 Å². The van der Waals surface area contributed by atoms with Crippen molar-refractivity contribution >= 4 is 15.9 Å². The molecule has 0 saturated heterocycles. The third-order valence-corrected chi connectivity index (χ3v) is 2.75. The zero-order valence-electron chi connectivity index (χ0n) is 9.78. The van der Waals surface area contributed by atoms with Crippen LogP contribution < -0.4 is 0 Å². The van der Waals surface area contributed by atoms with Crippen LogP contribution in [-0.4, -0.2) is 5.33 Å². The summed E-state index contributed by atoms with van der Waals surface area (Å²) in [5.74, 6) is 0. The first kappa shape index (κ1) is 14.0. The Bertz CT molecular complexity index is 189. The van der Waals surface area contributed by atoms with Crippen LogP contribution in [0.1, 0.15) is 52.9 Å². The predicted molar refractivity (Wildman–Crippen MR) is 70.1 cm³/mol. The maximum absolute atomic E-state index is 3.44. The first-order valence-electron chi connectivity index (χ1n) is 5.64. The second kappa shape index (κ2) is 9.51. The van der Waals surface area contributed by atoms with E-state index >= 15 is 0 Å². The van der Waals surface area contributed by atoms with Crippen LogP contribution >= 0.6 is 15.9 Å². The lowest BCUT2D eigenvalue weighted by molar-refractivity contribution is 0.865. The quantitative estimate of drug-likeness (QED) is 0.433. The summed E-state index contributed by atoms with van der Waals surface area (Å²) in [5.41, 5.74) is 3.12. The first-order valence-corrected chi connectivity index (χ1v) is 6.76. The molecule has 0 aromatic carbocycles. The standard InChI is InChI=1S/C13H23Br/c1-4-7-12(3)8-6-9-13(5-2)10-11-14/h8,10H,4-7,9,11H2,1-3H3/b12-8+,13-10+. The number of rotatable bonds is 7. The number of allylic oxidation sites excluding steroid dienone is 4. The topological polar surface area (TPSA) is 0 Å². The van der Waals surface area contributed by atoms with Crippen molar-refractivity contribution in [3.05, 3.63) is 23.3 Å². The second-order valence-electron chi connectivity index (χ2n) is 3.71. The number of alkyl halides is 1. The highest BCUT2D eigenvalue weighted by atomic mass is 79.9. The van der Waals surface area contributed by atoms with Crippen molar-refractivity contribution in [1.82, 2.24) is 0 Å². The third kappa shape index (κ3) is 7.37. The Morgan fingerprint density at radius 3 is 2.36 bits per heavy atom. The van der Waals surface area contributed by atoms with Gasteiger partial charge in [0.1, 0.15) is 0 Å². The van der Waals surface area contributed by atoms with Gasteiger partial charge in [0, 0.05) is 5.33 Å². The molecule has 0 amide bonds. The molecule has 0 unspecified atom stereocenters. The fraction of sp³-hybridized carbons (Fsp3) is 0.692. The lowest BCUT2D eigenvalue weighted by atomic mass is 10.1. The molecular formula is C13H23Br. The largest absolute Gasteiger partial charge is 0.0883 e. The summed E-state index contributed by atoms with van der Waals surface area (Å²) in [7, 11) is 0. The van der Waals surface area contributed by atoms with Crippen molar-refractivity contribution in [2.24, 2.45) is 0 Å². The van der Waals surface area contributed by atoms with E-state index in [4.69, 9.17) is 0 Å². The van der Waals surface area contributed by atoms with Crippen molar-refractivity contribution in [3.8, 4) is 0 Å². The van der Waals surface area contributed by atoms with E-state index in [1.165, 1.54) is 32.1 Å². The highest BCUT2D eigenvalue weighted by Crippen LogP contribution is 2.13. The average Bonchev–Trinajstić information content (AvgIpc) is 2.17. The summed E-state index contributed by atoms with van der Waals surface area (Å²) in [6, 6.07) is 0. The summed E-state index contributed by atoms with van der Waals surface area (Å²) in [6.45, 7) is 6.71. The Labute approximate surface area is 97.6 Å². The summed E-state index contributed by atoms with van der Waals surface area (Å²) in [4.78, 5) is 0. The van der Waals surface area contributed by atoms with Crippen molar-refractivity contribution in [3.63, 3.8) is 0 Å². The monoisotopic (exact) mass is 258 g/mol. The molecule has 0 nitrogen and oxygen atoms in total. The molecular weight excluding hydrogens is 236 g/mol. The lowest BCUT2D eigenvalue weighted by Crippen LogP contribution is -1.83. The molecule has 0 heterocycles. The van der Waals surface area contributed by atoms with Gasteiger partial charge in [0.15, 0.2) is 0 Å². The molecule has 0 N–H and O–H groups in total. The Balaban J connectivity index is 3.81. The normalized spacial score (nSPS) is 13.4. The van der Waals surface area contributed by atoms with E-state index in [1.807, 2.05) is 0 Å². The van der Waals surface area contributed by atoms with E-state index in [9.17, 15) is 0 Å². The van der Waals surface area contributed by atoms with Crippen molar-refractivity contribution < 1.29 is 0 Å². The van der Waals surface area contributed by atoms with Crippen LogP contribution in [0.25, 0.3) is 0 Å². The van der Waals surface area contributed by atoms with E-state index in [0.29, 0.717) is 0 Å². The van der Waals surface area contributed by atoms with Crippen LogP contribution in [0.5, 0.6) is 0 Å². The molecule has 0 aromatic rings. The molecule has 0 fully saturated rings. The van der Waals surface area contributed by atoms with Gasteiger partial charge in [-0.15, -0.1) is 0 Å². The molecule has 1 heteroatoms. The fourth-order valence-electron chi connectivity index (χ4n) is 1.53. The van der Waals surface area contributed by atoms with E-state index < -0.39 is 0 Å². The minimum absolute atomic E-state index is 0.994. The molecule has 0 radical (unpaired) electrons. The number of hydrogen-bond acceptors (Lipinski definition) is 0. The summed E-state index contributed by atoms with van der Waals surface area (Å²) in [5, 5.41) is 0.994. The molecule has 0 atom stereocenters. The highest BCUT2D eigenvalue weighted by Gasteiger charge is 1.93. The molecule has 0 aliphatic carbocycles. The van der Waals surface area contributed by atoms with Crippen molar-refractivity contribution in [2.45, 2.75) is 52.9 Å². The van der Waals surface area contributed by atoms with Gasteiger partial charge in [0.05, 0.1) is 0 Å². The first-order chi connectivity index (χ1) is 6.74. The second-order valence-corrected chi connectivity index (χ2v) is 4.36. The lowest BCUT2D eigenvalue weighted by Gasteiger charge is -2.02. The van der Waals surface area contributed by atoms with Crippen LogP contribution in [0.3, 0.4) is 0 Å². The zero-order chi connectivity index (χ0) is 10.8. The molecule has 0 saturated carbocycles. The van der Waals surface area contributed by atoms with E-state index in [-0.39, 0.29) is 0 Å². The summed E-state index contributed by atoms with van der Waals surface area (Å²) < 4.78 is 0. The van der Waals surface area contributed by atoms with E-state index in [1.54, 1.807) is 11.1 Å². The third-order valence-electron chi connectivity index (χ3n) is 2.42. The van der Waals surface area contributed by atoms with Gasteiger partial charge in [-0.1, -0.05) is 59.5 Å². The minimum atomic E-state index is 0.994. The van der Waals surface area contributed by atoms with Crippen LogP contribution in [0.4, 0.5) is 0 Å². The average molecular weight is 259 g/mol. The Morgan fingerprint density at radius 2 is 1.86 bits per heavy atom. The number of hydrogen-bond donors (Lipinski definition) is 0. The van der Waals surface area contributed by atoms with Crippen LogP contribution in [-0.2, 0) is 0 Å². The van der Waals surface area contributed by atoms with Gasteiger partial charge >= 0.3 is 0 Å². The fourth-order valence-corrected chi connectivity index (χ4v) is 1.99. The molecule has 0 aliphatic heterocycles. The molecule has 0 rings (SSSR count). The number of halogens is 1. The van der Waals surface area contributed by atoms with Gasteiger partial charge in [0.25, 0.3) is 0 Å². The van der Waals surface area contributed by atoms with Crippen LogP contribution in [0.2, 0.25) is 0 Å². The van der Waals surface area contributed by atoms with Gasteiger partial charge in [-0.3, -0.25) is 0 Å². The predicted octanol–water partition coefficient (Wildman–Crippen LogP) is 5.24. The smallest absolute Gasteiger partial charge is 0.0214 e. The van der Waals surface area contributed by atoms with E-state index in [2.05, 4.69) is 48.9 Å². The van der Waals surface area contributed by atoms with Gasteiger partial charge in [-0.25, -0.2) is 0 Å². The Kier molecular flexibility index (Phi) is 9.49. The van der Waals surface area contributed by atoms with Gasteiger partial charge in [-0.2, -0.15) is 0 Å². The Morgan fingerprint density at radius 1 is 1.14 bits per heavy atom. The maximum Gasteiger partial charge on any atom is 0.0214 e. The highest BCUT2D eigenvalue weighted by molar-refractivity contribution is 9.09. The van der Waals surface area contributed by atoms with Gasteiger partial charge in [0.2, 0.25) is 0 Å². The molecule has 0 spiro atoms. The molecule has 0 bridgehead atoms. The minimum Gasteiger partial charge on any atom is -0.0883 e. The van der Waals surface area contributed by atoms with Crippen molar-refractivity contribution in [2.75, 3.05) is 5.33 Å². The molecule has 82 valence electrons. The molecule has 0 aliphatic rings. The maximum atomic E-state index is 3.44. The van der Waals surface area contributed by atoms with Crippen molar-refractivity contribution in [1.29, 1.82) is 0 Å². The van der Waals surface area contributed by atoms with Crippen LogP contribution in [0.15, 0.2) is 23.3 Å². The molecule has 0 aromatic heterocycles. The van der Waals surface area contributed by atoms with E-state index in [0.717, 1.165) is 5.33 Å². The Hall–Kier alpha value is -0.0400. The summed E-state index contributed by atoms with van der Waals surface area (Å²) >= 11 is 3.44. The summed E-state index contributed by atoms with van der Waals surface area (Å²) in [6.07, 6.45) is 10.8. The molecule has 14 heavy (non-hydrogen) atoms.